The molecule has 1 nitrogen and oxygen atoms in total. The highest BCUT2D eigenvalue weighted by molar-refractivity contribution is 6.05. The van der Waals surface area contributed by atoms with Gasteiger partial charge in [-0.3, -0.25) is 0 Å². The van der Waals surface area contributed by atoms with Crippen LogP contribution in [0.1, 0.15) is 30.9 Å². The van der Waals surface area contributed by atoms with Crippen LogP contribution in [0.3, 0.4) is 0 Å². The molecule has 0 saturated heterocycles. The first-order chi connectivity index (χ1) is 11.2. The molecule has 2 aromatic rings. The maximum Gasteiger partial charge on any atom is 0.0224 e. The minimum Gasteiger partial charge on any atom is -0.354 e. The molecule has 0 bridgehead atoms. The molecule has 0 aliphatic heterocycles. The van der Waals surface area contributed by atoms with Gasteiger partial charge in [0.1, 0.15) is 0 Å². The molecule has 2 aromatic carbocycles. The highest BCUT2D eigenvalue weighted by atomic mass is 15.1. The van der Waals surface area contributed by atoms with Crippen molar-refractivity contribution in [2.45, 2.75) is 19.8 Å². The fourth-order valence-corrected chi connectivity index (χ4v) is 2.74. The van der Waals surface area contributed by atoms with Crippen molar-refractivity contribution in [3.05, 3.63) is 95.8 Å². The van der Waals surface area contributed by atoms with E-state index in [-0.39, 0.29) is 0 Å². The van der Waals surface area contributed by atoms with Crippen LogP contribution in [0, 0.1) is 0 Å². The largest absolute Gasteiger partial charge is 0.354 e. The van der Waals surface area contributed by atoms with Crippen molar-refractivity contribution in [1.29, 1.82) is 0 Å². The van der Waals surface area contributed by atoms with Crippen LogP contribution in [0.2, 0.25) is 0 Å². The summed E-state index contributed by atoms with van der Waals surface area (Å²) in [7, 11) is 2.13. The Morgan fingerprint density at radius 1 is 0.913 bits per heavy atom. The lowest BCUT2D eigenvalue weighted by molar-refractivity contribution is 0.571. The van der Waals surface area contributed by atoms with Crippen molar-refractivity contribution in [3.63, 3.8) is 0 Å². The predicted molar refractivity (Wildman–Crippen MR) is 99.6 cm³/mol. The first kappa shape index (κ1) is 15.4. The van der Waals surface area contributed by atoms with Crippen LogP contribution in [-0.4, -0.2) is 11.9 Å². The third-order valence-corrected chi connectivity index (χ3v) is 4.29. The average Bonchev–Trinajstić information content (AvgIpc) is 3.40. The summed E-state index contributed by atoms with van der Waals surface area (Å²) in [5.41, 5.74) is 7.39. The third-order valence-electron chi connectivity index (χ3n) is 4.29. The van der Waals surface area contributed by atoms with Crippen molar-refractivity contribution < 1.29 is 0 Å². The molecular formula is C22H23N. The Morgan fingerprint density at radius 2 is 1.43 bits per heavy atom. The Bertz CT molecular complexity index is 745. The van der Waals surface area contributed by atoms with Crippen molar-refractivity contribution in [3.8, 4) is 0 Å². The number of allylic oxidation sites excluding steroid dienone is 4. The summed E-state index contributed by atoms with van der Waals surface area (Å²) in [6, 6.07) is 21.0. The minimum atomic E-state index is 1.07. The van der Waals surface area contributed by atoms with Gasteiger partial charge in [-0.25, -0.2) is 0 Å². The van der Waals surface area contributed by atoms with Crippen molar-refractivity contribution >= 4 is 11.1 Å². The molecule has 0 spiro atoms. The Hall–Kier alpha value is -2.54. The second-order valence-electron chi connectivity index (χ2n) is 6.07. The van der Waals surface area contributed by atoms with Gasteiger partial charge in [0.2, 0.25) is 0 Å². The van der Waals surface area contributed by atoms with Gasteiger partial charge >= 0.3 is 0 Å². The Kier molecular flexibility index (Phi) is 4.47. The van der Waals surface area contributed by atoms with Gasteiger partial charge in [0, 0.05) is 24.5 Å². The predicted octanol–water partition coefficient (Wildman–Crippen LogP) is 5.74. The van der Waals surface area contributed by atoms with Crippen molar-refractivity contribution in [2.75, 3.05) is 7.05 Å². The fourth-order valence-electron chi connectivity index (χ4n) is 2.74. The zero-order valence-corrected chi connectivity index (χ0v) is 13.9. The molecule has 0 radical (unpaired) electrons. The van der Waals surface area contributed by atoms with E-state index in [2.05, 4.69) is 86.2 Å². The van der Waals surface area contributed by atoms with E-state index in [4.69, 9.17) is 0 Å². The van der Waals surface area contributed by atoms with Crippen LogP contribution in [0.15, 0.2) is 84.7 Å². The third kappa shape index (κ3) is 3.62. The maximum absolute atomic E-state index is 4.39. The standard InChI is InChI=1S/C22H23N/c1-17(20-10-6-4-7-11-20)22(21-12-8-5-9-13-21)18(2)23(3)16-19-14-15-19/h4-13,16H,1,14-15H2,2-3H3/b22-18+. The molecule has 1 heteroatoms. The second-order valence-corrected chi connectivity index (χ2v) is 6.07. The molecule has 1 fully saturated rings. The zero-order chi connectivity index (χ0) is 16.2. The van der Waals surface area contributed by atoms with E-state index < -0.39 is 0 Å². The molecule has 0 amide bonds. The summed E-state index contributed by atoms with van der Waals surface area (Å²) in [4.78, 5) is 2.23. The summed E-state index contributed by atoms with van der Waals surface area (Å²) in [6.45, 7) is 6.57. The van der Waals surface area contributed by atoms with Crippen LogP contribution >= 0.6 is 0 Å². The van der Waals surface area contributed by atoms with E-state index in [0.717, 1.165) is 11.1 Å². The Balaban J connectivity index is 2.07. The molecule has 0 unspecified atom stereocenters. The van der Waals surface area contributed by atoms with Crippen LogP contribution in [0.25, 0.3) is 11.1 Å². The number of hydrogen-bond donors (Lipinski definition) is 0. The monoisotopic (exact) mass is 301 g/mol. The lowest BCUT2D eigenvalue weighted by Crippen LogP contribution is -2.10. The van der Waals surface area contributed by atoms with Gasteiger partial charge in [0.15, 0.2) is 0 Å². The summed E-state index contributed by atoms with van der Waals surface area (Å²) < 4.78 is 0. The molecule has 3 rings (SSSR count). The Labute approximate surface area is 139 Å². The van der Waals surface area contributed by atoms with Crippen LogP contribution in [0.5, 0.6) is 0 Å². The molecule has 116 valence electrons. The lowest BCUT2D eigenvalue weighted by atomic mass is 9.92. The zero-order valence-electron chi connectivity index (χ0n) is 13.9. The first-order valence-electron chi connectivity index (χ1n) is 8.10. The van der Waals surface area contributed by atoms with E-state index in [1.165, 1.54) is 35.2 Å². The van der Waals surface area contributed by atoms with Crippen LogP contribution in [0.4, 0.5) is 0 Å². The van der Waals surface area contributed by atoms with Gasteiger partial charge in [0.25, 0.3) is 0 Å². The number of benzene rings is 2. The van der Waals surface area contributed by atoms with Crippen molar-refractivity contribution in [1.82, 2.24) is 4.90 Å². The maximum atomic E-state index is 4.39. The van der Waals surface area contributed by atoms with E-state index in [1.54, 1.807) is 0 Å². The topological polar surface area (TPSA) is 3.24 Å². The summed E-state index contributed by atoms with van der Waals surface area (Å²) in [5, 5.41) is 0. The number of rotatable bonds is 5. The van der Waals surface area contributed by atoms with Gasteiger partial charge in [-0.2, -0.15) is 0 Å². The molecule has 1 aliphatic carbocycles. The summed E-state index contributed by atoms with van der Waals surface area (Å²) in [5.74, 6) is 0. The SMILES string of the molecule is C=C(/C(=C(/C)N(C)C=C1CC1)c1ccccc1)c1ccccc1. The highest BCUT2D eigenvalue weighted by Gasteiger charge is 2.16. The van der Waals surface area contributed by atoms with Gasteiger partial charge in [-0.1, -0.05) is 72.8 Å². The normalized spacial score (nSPS) is 14.1. The van der Waals surface area contributed by atoms with E-state index in [1.807, 2.05) is 6.07 Å². The molecular weight excluding hydrogens is 278 g/mol. The van der Waals surface area contributed by atoms with Gasteiger partial charge < -0.3 is 4.90 Å². The average molecular weight is 301 g/mol. The Morgan fingerprint density at radius 3 is 1.96 bits per heavy atom. The second kappa shape index (κ2) is 6.70. The molecule has 0 N–H and O–H groups in total. The van der Waals surface area contributed by atoms with E-state index >= 15 is 0 Å². The fraction of sp³-hybridized carbons (Fsp3) is 0.182. The molecule has 1 saturated carbocycles. The van der Waals surface area contributed by atoms with Gasteiger partial charge in [-0.15, -0.1) is 0 Å². The summed E-state index contributed by atoms with van der Waals surface area (Å²) >= 11 is 0. The lowest BCUT2D eigenvalue weighted by Gasteiger charge is -2.22. The van der Waals surface area contributed by atoms with Gasteiger partial charge in [0.05, 0.1) is 0 Å². The molecule has 0 aromatic heterocycles. The first-order valence-corrected chi connectivity index (χ1v) is 8.10. The molecule has 0 atom stereocenters. The molecule has 1 aliphatic rings. The van der Waals surface area contributed by atoms with Gasteiger partial charge in [-0.05, 0) is 36.5 Å². The summed E-state index contributed by atoms with van der Waals surface area (Å²) in [6.07, 6.45) is 4.73. The quantitative estimate of drug-likeness (QED) is 0.636. The highest BCUT2D eigenvalue weighted by Crippen LogP contribution is 2.35. The van der Waals surface area contributed by atoms with E-state index in [0.29, 0.717) is 0 Å². The minimum absolute atomic E-state index is 1.07. The number of hydrogen-bond acceptors (Lipinski definition) is 1. The molecule has 0 heterocycles. The van der Waals surface area contributed by atoms with Crippen LogP contribution < -0.4 is 0 Å². The molecule has 23 heavy (non-hydrogen) atoms. The van der Waals surface area contributed by atoms with Crippen LogP contribution in [-0.2, 0) is 0 Å². The smallest absolute Gasteiger partial charge is 0.0224 e. The van der Waals surface area contributed by atoms with Crippen molar-refractivity contribution in [2.24, 2.45) is 0 Å². The van der Waals surface area contributed by atoms with E-state index in [9.17, 15) is 0 Å². The number of nitrogens with zero attached hydrogens (tertiary/aromatic N) is 1.